The molecule has 8 nitrogen and oxygen atoms in total. The Labute approximate surface area is 149 Å². The highest BCUT2D eigenvalue weighted by Gasteiger charge is 2.50. The van der Waals surface area contributed by atoms with Crippen LogP contribution in [0.4, 0.5) is 4.39 Å². The summed E-state index contributed by atoms with van der Waals surface area (Å²) in [6, 6.07) is -1.20. The fourth-order valence-electron chi connectivity index (χ4n) is 2.17. The third kappa shape index (κ3) is 4.17. The zero-order valence-corrected chi connectivity index (χ0v) is 14.2. The quantitative estimate of drug-likeness (QED) is 0.596. The summed E-state index contributed by atoms with van der Waals surface area (Å²) >= 11 is 0. The van der Waals surface area contributed by atoms with Gasteiger partial charge in [-0.05, 0) is 12.8 Å². The van der Waals surface area contributed by atoms with Crippen molar-refractivity contribution >= 4 is 11.9 Å². The number of ether oxygens (including phenoxy) is 2. The molecule has 1 saturated heterocycles. The van der Waals surface area contributed by atoms with E-state index in [1.807, 2.05) is 0 Å². The van der Waals surface area contributed by atoms with Gasteiger partial charge in [0.15, 0.2) is 12.8 Å². The van der Waals surface area contributed by atoms with E-state index in [-0.39, 0.29) is 11.4 Å². The van der Waals surface area contributed by atoms with Crippen LogP contribution in [0.3, 0.4) is 0 Å². The maximum atomic E-state index is 15.4. The summed E-state index contributed by atoms with van der Waals surface area (Å²) in [6.45, 7) is 4.79. The number of aliphatic hydroxyl groups is 1. The first-order valence-electron chi connectivity index (χ1n) is 9.18. The lowest BCUT2D eigenvalue weighted by Crippen LogP contribution is -2.46. The standard InChI is InChI=1S/C16H24FN3O5/c1-8(2)12(18)15(23)24-7-16(17)5-11(21)14(25-16)20-6-9(3)13(22)19-10(20)4/h6,8,11-12,14,21H,4-5,7,18H2,1-3H3,(H,19,22)/t11-,12+,14-,16+/m1/s1/i7D2,14D. The highest BCUT2D eigenvalue weighted by molar-refractivity contribution is 5.94. The molecule has 0 spiro atoms. The smallest absolute Gasteiger partial charge is 0.323 e. The highest BCUT2D eigenvalue weighted by Crippen LogP contribution is 2.36. The van der Waals surface area contributed by atoms with Crippen molar-refractivity contribution in [2.24, 2.45) is 11.7 Å². The molecule has 1 fully saturated rings. The lowest BCUT2D eigenvalue weighted by Gasteiger charge is -2.34. The number of esters is 1. The second kappa shape index (κ2) is 7.11. The summed E-state index contributed by atoms with van der Waals surface area (Å²) in [4.78, 5) is 24.5. The molecule has 0 radical (unpaired) electrons. The molecule has 2 rings (SSSR count). The van der Waals surface area contributed by atoms with Crippen molar-refractivity contribution in [1.82, 2.24) is 10.2 Å². The Morgan fingerprint density at radius 2 is 2.44 bits per heavy atom. The van der Waals surface area contributed by atoms with Crippen LogP contribution in [0.15, 0.2) is 24.2 Å². The predicted octanol–water partition coefficient (Wildman–Crippen LogP) is 0.0928. The van der Waals surface area contributed by atoms with Gasteiger partial charge in [0.1, 0.15) is 18.0 Å². The van der Waals surface area contributed by atoms with Gasteiger partial charge in [0.25, 0.3) is 5.91 Å². The van der Waals surface area contributed by atoms with Gasteiger partial charge in [-0.3, -0.25) is 9.59 Å². The first-order chi connectivity index (χ1) is 12.6. The number of aliphatic hydroxyl groups excluding tert-OH is 1. The van der Waals surface area contributed by atoms with Gasteiger partial charge in [-0.15, -0.1) is 0 Å². The molecule has 4 atom stereocenters. The van der Waals surface area contributed by atoms with Gasteiger partial charge in [0.05, 0.1) is 4.11 Å². The van der Waals surface area contributed by atoms with Crippen LogP contribution in [-0.4, -0.2) is 52.6 Å². The zero-order valence-electron chi connectivity index (χ0n) is 17.2. The Bertz CT molecular complexity index is 734. The van der Waals surface area contributed by atoms with Crippen molar-refractivity contribution in [3.05, 3.63) is 24.2 Å². The molecule has 4 N–H and O–H groups in total. The summed E-state index contributed by atoms with van der Waals surface area (Å²) in [5.74, 6) is -5.62. The van der Waals surface area contributed by atoms with E-state index in [1.54, 1.807) is 13.8 Å². The van der Waals surface area contributed by atoms with Gasteiger partial charge in [0.2, 0.25) is 5.85 Å². The van der Waals surface area contributed by atoms with Gasteiger partial charge in [0, 0.05) is 18.2 Å². The summed E-state index contributed by atoms with van der Waals surface area (Å²) < 4.78 is 49.0. The molecule has 9 heteroatoms. The lowest BCUT2D eigenvalue weighted by atomic mass is 10.1. The fourth-order valence-corrected chi connectivity index (χ4v) is 2.17. The maximum absolute atomic E-state index is 15.4. The summed E-state index contributed by atoms with van der Waals surface area (Å²) in [7, 11) is 0. The molecule has 0 aromatic heterocycles. The van der Waals surface area contributed by atoms with Gasteiger partial charge in [-0.1, -0.05) is 20.4 Å². The maximum Gasteiger partial charge on any atom is 0.323 e. The number of nitrogens with one attached hydrogen (secondary N) is 1. The number of alkyl halides is 1. The number of amides is 1. The number of hydrogen-bond acceptors (Lipinski definition) is 7. The number of rotatable bonds is 5. The van der Waals surface area contributed by atoms with E-state index in [4.69, 9.17) is 14.6 Å². The minimum absolute atomic E-state index is 0.128. The third-order valence-electron chi connectivity index (χ3n) is 3.77. The molecule has 2 aliphatic rings. The first kappa shape index (κ1) is 15.3. The SMILES string of the molecule is [2H]C([2H])(OC(=O)[C@@H](N)C(C)C)[C@]1(F)C[C@@H](O)[C@]([2H])(N2C=C(C)C(=O)NC2=C)O1. The van der Waals surface area contributed by atoms with Crippen molar-refractivity contribution in [3.8, 4) is 0 Å². The Balaban J connectivity index is 2.30. The molecule has 0 aromatic rings. The summed E-state index contributed by atoms with van der Waals surface area (Å²) in [6.07, 6.45) is -4.33. The minimum Gasteiger partial charge on any atom is -0.458 e. The first-order valence-corrected chi connectivity index (χ1v) is 7.68. The fraction of sp³-hybridized carbons (Fsp3) is 0.625. The van der Waals surface area contributed by atoms with Crippen LogP contribution in [0.2, 0.25) is 0 Å². The van der Waals surface area contributed by atoms with Gasteiger partial charge < -0.3 is 30.5 Å². The van der Waals surface area contributed by atoms with Crippen LogP contribution in [0, 0.1) is 5.92 Å². The summed E-state index contributed by atoms with van der Waals surface area (Å²) in [5, 5.41) is 12.6. The molecule has 0 aromatic carbocycles. The summed E-state index contributed by atoms with van der Waals surface area (Å²) in [5.41, 5.74) is 5.72. The van der Waals surface area contributed by atoms with Crippen molar-refractivity contribution < 1.29 is 32.7 Å². The van der Waals surface area contributed by atoms with Crippen molar-refractivity contribution in [2.75, 3.05) is 6.56 Å². The van der Waals surface area contributed by atoms with E-state index in [0.717, 1.165) is 11.1 Å². The molecule has 0 aliphatic carbocycles. The third-order valence-corrected chi connectivity index (χ3v) is 3.77. The van der Waals surface area contributed by atoms with Crippen LogP contribution >= 0.6 is 0 Å². The molecule has 140 valence electrons. The zero-order chi connectivity index (χ0) is 21.7. The monoisotopic (exact) mass is 360 g/mol. The second-order valence-corrected chi connectivity index (χ2v) is 6.26. The Hall–Kier alpha value is -1.97. The molecule has 0 unspecified atom stereocenters. The van der Waals surface area contributed by atoms with Crippen LogP contribution < -0.4 is 11.1 Å². The Kier molecular flexibility index (Phi) is 4.35. The molecular weight excluding hydrogens is 333 g/mol. The molecular formula is C16H24FN3O5. The average molecular weight is 360 g/mol. The van der Waals surface area contributed by atoms with E-state index in [2.05, 4.69) is 16.6 Å². The van der Waals surface area contributed by atoms with E-state index < -0.39 is 55.0 Å². The van der Waals surface area contributed by atoms with Crippen molar-refractivity contribution in [1.29, 1.82) is 0 Å². The number of carbonyl (C=O) groups is 2. The largest absolute Gasteiger partial charge is 0.458 e. The molecule has 2 aliphatic heterocycles. The van der Waals surface area contributed by atoms with E-state index in [9.17, 15) is 14.7 Å². The van der Waals surface area contributed by atoms with E-state index in [1.165, 1.54) is 6.92 Å². The number of carbonyl (C=O) groups excluding carboxylic acids is 2. The Morgan fingerprint density at radius 3 is 3.04 bits per heavy atom. The number of nitrogens with two attached hydrogens (primary N) is 1. The molecule has 0 bridgehead atoms. The number of halogens is 1. The molecule has 25 heavy (non-hydrogen) atoms. The van der Waals surface area contributed by atoms with Crippen LogP contribution in [0.25, 0.3) is 0 Å². The molecule has 1 amide bonds. The normalized spacial score (nSPS) is 36.3. The highest BCUT2D eigenvalue weighted by atomic mass is 19.2. The van der Waals surface area contributed by atoms with E-state index >= 15 is 4.39 Å². The van der Waals surface area contributed by atoms with Gasteiger partial charge >= 0.3 is 5.97 Å². The molecule has 0 saturated carbocycles. The molecule has 2 heterocycles. The number of hydrogen-bond donors (Lipinski definition) is 3. The van der Waals surface area contributed by atoms with Crippen LogP contribution in [0.1, 0.15) is 31.3 Å². The van der Waals surface area contributed by atoms with Crippen molar-refractivity contribution in [3.63, 3.8) is 0 Å². The minimum atomic E-state index is -3.36. The van der Waals surface area contributed by atoms with Gasteiger partial charge in [-0.25, -0.2) is 4.39 Å². The Morgan fingerprint density at radius 1 is 1.80 bits per heavy atom. The van der Waals surface area contributed by atoms with Crippen LogP contribution in [0.5, 0.6) is 0 Å². The number of nitrogens with zero attached hydrogens (tertiary/aromatic N) is 1. The predicted molar refractivity (Wildman–Crippen MR) is 86.0 cm³/mol. The van der Waals surface area contributed by atoms with Crippen molar-refractivity contribution in [2.45, 2.75) is 51.4 Å². The van der Waals surface area contributed by atoms with Crippen LogP contribution in [-0.2, 0) is 19.1 Å². The van der Waals surface area contributed by atoms with E-state index in [0.29, 0.717) is 0 Å². The average Bonchev–Trinajstić information content (AvgIpc) is 2.81. The topological polar surface area (TPSA) is 114 Å². The lowest BCUT2D eigenvalue weighted by molar-refractivity contribution is -0.200. The van der Waals surface area contributed by atoms with Gasteiger partial charge in [-0.2, -0.15) is 0 Å². The second-order valence-electron chi connectivity index (χ2n) is 6.26.